The highest BCUT2D eigenvalue weighted by Gasteiger charge is 2.28. The van der Waals surface area contributed by atoms with E-state index in [0.29, 0.717) is 17.0 Å². The van der Waals surface area contributed by atoms with Crippen molar-refractivity contribution in [1.82, 2.24) is 14.2 Å². The predicted molar refractivity (Wildman–Crippen MR) is 123 cm³/mol. The van der Waals surface area contributed by atoms with Crippen LogP contribution in [0.5, 0.6) is 0 Å². The summed E-state index contributed by atoms with van der Waals surface area (Å²) in [6, 6.07) is 7.97. The SMILES string of the molecule is Cc1c2n(c(=O)c3c(Cc4ccccc4Cl)c(N4CCC[C@@H](N)C4)nn13)CCC2.Cl. The normalized spacial score (nSPS) is 18.5. The number of rotatable bonds is 3. The molecule has 0 saturated carbocycles. The van der Waals surface area contributed by atoms with Crippen LogP contribution in [-0.2, 0) is 19.4 Å². The lowest BCUT2D eigenvalue weighted by Gasteiger charge is -2.31. The summed E-state index contributed by atoms with van der Waals surface area (Å²) in [5, 5.41) is 5.68. The van der Waals surface area contributed by atoms with Gasteiger partial charge in [-0.3, -0.25) is 4.79 Å². The first kappa shape index (κ1) is 21.2. The number of anilines is 1. The molecule has 2 aliphatic heterocycles. The number of nitrogens with zero attached hydrogens (tertiary/aromatic N) is 4. The minimum Gasteiger partial charge on any atom is -0.353 e. The molecule has 8 heteroatoms. The monoisotopic (exact) mass is 447 g/mol. The molecule has 0 bridgehead atoms. The van der Waals surface area contributed by atoms with Crippen LogP contribution in [0.15, 0.2) is 29.1 Å². The lowest BCUT2D eigenvalue weighted by Crippen LogP contribution is -2.43. The molecule has 2 aromatic heterocycles. The van der Waals surface area contributed by atoms with Crippen LogP contribution in [0.3, 0.4) is 0 Å². The van der Waals surface area contributed by atoms with Gasteiger partial charge in [0, 0.05) is 48.4 Å². The second-order valence-corrected chi connectivity index (χ2v) is 8.68. The van der Waals surface area contributed by atoms with E-state index < -0.39 is 0 Å². The average molecular weight is 448 g/mol. The zero-order valence-electron chi connectivity index (χ0n) is 17.1. The first-order valence-corrected chi connectivity index (χ1v) is 10.8. The maximum absolute atomic E-state index is 13.5. The van der Waals surface area contributed by atoms with Crippen molar-refractivity contribution in [3.8, 4) is 0 Å². The minimum atomic E-state index is 0. The van der Waals surface area contributed by atoms with Crippen LogP contribution in [0.4, 0.5) is 5.82 Å². The lowest BCUT2D eigenvalue weighted by molar-refractivity contribution is 0.501. The third kappa shape index (κ3) is 3.41. The van der Waals surface area contributed by atoms with Crippen molar-refractivity contribution >= 4 is 35.3 Å². The van der Waals surface area contributed by atoms with Crippen molar-refractivity contribution in [2.75, 3.05) is 18.0 Å². The molecule has 2 N–H and O–H groups in total. The molecule has 30 heavy (non-hydrogen) atoms. The lowest BCUT2D eigenvalue weighted by atomic mass is 10.0. The number of nitrogens with two attached hydrogens (primary N) is 1. The van der Waals surface area contributed by atoms with Gasteiger partial charge in [0.25, 0.3) is 5.56 Å². The van der Waals surface area contributed by atoms with Crippen LogP contribution in [0.2, 0.25) is 5.02 Å². The number of benzene rings is 1. The largest absolute Gasteiger partial charge is 0.353 e. The van der Waals surface area contributed by atoms with E-state index in [1.54, 1.807) is 0 Å². The fraction of sp³-hybridized carbons (Fsp3) is 0.455. The smallest absolute Gasteiger partial charge is 0.277 e. The van der Waals surface area contributed by atoms with Gasteiger partial charge in [0.1, 0.15) is 5.52 Å². The number of fused-ring (bicyclic) bond motifs is 2. The van der Waals surface area contributed by atoms with E-state index in [2.05, 4.69) is 11.8 Å². The molecule has 4 heterocycles. The van der Waals surface area contributed by atoms with Crippen LogP contribution >= 0.6 is 24.0 Å². The topological polar surface area (TPSA) is 68.6 Å². The first-order valence-electron chi connectivity index (χ1n) is 10.4. The highest BCUT2D eigenvalue weighted by atomic mass is 35.5. The molecule has 160 valence electrons. The molecular formula is C22H27Cl2N5O. The minimum absolute atomic E-state index is 0. The number of aryl methyl sites for hydroxylation is 1. The number of aromatic nitrogens is 3. The zero-order valence-corrected chi connectivity index (χ0v) is 18.7. The second kappa shape index (κ2) is 8.25. The van der Waals surface area contributed by atoms with Gasteiger partial charge < -0.3 is 15.2 Å². The fourth-order valence-corrected chi connectivity index (χ4v) is 5.08. The molecule has 0 radical (unpaired) electrons. The van der Waals surface area contributed by atoms with E-state index >= 15 is 0 Å². The van der Waals surface area contributed by atoms with E-state index in [1.165, 1.54) is 0 Å². The highest BCUT2D eigenvalue weighted by Crippen LogP contribution is 2.31. The Kier molecular flexibility index (Phi) is 5.84. The van der Waals surface area contributed by atoms with Crippen LogP contribution in [-0.4, -0.2) is 33.3 Å². The molecule has 0 amide bonds. The Hall–Kier alpha value is -2.02. The first-order chi connectivity index (χ1) is 14.0. The molecular weight excluding hydrogens is 421 g/mol. The standard InChI is InChI=1S/C22H26ClN5O.ClH/c1-14-19-9-5-11-27(19)22(29)20-17(12-15-6-2-3-8-18(15)23)21(25-28(14)20)26-10-4-7-16(24)13-26;/h2-3,6,8,16H,4-5,7,9-13,24H2,1H3;1H/t16-;/m1./s1. The van der Waals surface area contributed by atoms with Crippen LogP contribution in [0.1, 0.15) is 41.8 Å². The summed E-state index contributed by atoms with van der Waals surface area (Å²) in [6.07, 6.45) is 4.59. The third-order valence-electron chi connectivity index (χ3n) is 6.35. The van der Waals surface area contributed by atoms with Gasteiger partial charge in [-0.15, -0.1) is 17.5 Å². The van der Waals surface area contributed by atoms with Gasteiger partial charge in [0.05, 0.1) is 5.69 Å². The summed E-state index contributed by atoms with van der Waals surface area (Å²) in [4.78, 5) is 15.7. The average Bonchev–Trinajstić information content (AvgIpc) is 3.34. The molecule has 0 spiro atoms. The maximum Gasteiger partial charge on any atom is 0.277 e. The van der Waals surface area contributed by atoms with Crippen LogP contribution in [0, 0.1) is 6.92 Å². The highest BCUT2D eigenvalue weighted by molar-refractivity contribution is 6.31. The van der Waals surface area contributed by atoms with Gasteiger partial charge in [-0.25, -0.2) is 4.52 Å². The Labute approximate surface area is 187 Å². The van der Waals surface area contributed by atoms with Gasteiger partial charge in [0.2, 0.25) is 0 Å². The number of hydrogen-bond acceptors (Lipinski definition) is 4. The Morgan fingerprint density at radius 1 is 1.23 bits per heavy atom. The predicted octanol–water partition coefficient (Wildman–Crippen LogP) is 3.34. The van der Waals surface area contributed by atoms with E-state index in [4.69, 9.17) is 22.4 Å². The summed E-state index contributed by atoms with van der Waals surface area (Å²) >= 11 is 6.47. The Bertz CT molecular complexity index is 1150. The van der Waals surface area contributed by atoms with Crippen molar-refractivity contribution in [3.63, 3.8) is 0 Å². The van der Waals surface area contributed by atoms with Crippen molar-refractivity contribution in [2.24, 2.45) is 5.73 Å². The fourth-order valence-electron chi connectivity index (χ4n) is 4.88. The molecule has 1 fully saturated rings. The van der Waals surface area contributed by atoms with Crippen LogP contribution in [0.25, 0.3) is 5.52 Å². The van der Waals surface area contributed by atoms with Gasteiger partial charge in [-0.05, 0) is 44.2 Å². The molecule has 3 aromatic rings. The van der Waals surface area contributed by atoms with Crippen molar-refractivity contribution in [3.05, 3.63) is 62.2 Å². The molecule has 0 aliphatic carbocycles. The number of piperidine rings is 1. The van der Waals surface area contributed by atoms with Gasteiger partial charge in [-0.2, -0.15) is 0 Å². The van der Waals surface area contributed by atoms with E-state index in [9.17, 15) is 4.79 Å². The number of halogens is 2. The van der Waals surface area contributed by atoms with E-state index in [0.717, 1.165) is 73.7 Å². The Morgan fingerprint density at radius 3 is 2.80 bits per heavy atom. The molecule has 0 unspecified atom stereocenters. The quantitative estimate of drug-likeness (QED) is 0.668. The summed E-state index contributed by atoms with van der Waals surface area (Å²) in [5.74, 6) is 0.879. The van der Waals surface area contributed by atoms with Gasteiger partial charge in [0.15, 0.2) is 5.82 Å². The van der Waals surface area contributed by atoms with Crippen LogP contribution < -0.4 is 16.2 Å². The summed E-state index contributed by atoms with van der Waals surface area (Å²) in [6.45, 7) is 4.53. The summed E-state index contributed by atoms with van der Waals surface area (Å²) in [5.41, 5.74) is 11.1. The molecule has 6 nitrogen and oxygen atoms in total. The van der Waals surface area contributed by atoms with Gasteiger partial charge in [-0.1, -0.05) is 29.8 Å². The Morgan fingerprint density at radius 2 is 2.03 bits per heavy atom. The third-order valence-corrected chi connectivity index (χ3v) is 6.72. The molecule has 1 aromatic carbocycles. The molecule has 5 rings (SSSR count). The summed E-state index contributed by atoms with van der Waals surface area (Å²) < 4.78 is 3.81. The van der Waals surface area contributed by atoms with Crippen molar-refractivity contribution in [1.29, 1.82) is 0 Å². The molecule has 1 saturated heterocycles. The number of hydrogen-bond donors (Lipinski definition) is 1. The molecule has 1 atom stereocenters. The van der Waals surface area contributed by atoms with Crippen molar-refractivity contribution < 1.29 is 0 Å². The summed E-state index contributed by atoms with van der Waals surface area (Å²) in [7, 11) is 0. The molecule has 2 aliphatic rings. The zero-order chi connectivity index (χ0) is 20.1. The Balaban J connectivity index is 0.00000218. The van der Waals surface area contributed by atoms with Gasteiger partial charge >= 0.3 is 0 Å². The van der Waals surface area contributed by atoms with E-state index in [-0.39, 0.29) is 24.0 Å². The maximum atomic E-state index is 13.5. The van der Waals surface area contributed by atoms with Crippen molar-refractivity contribution in [2.45, 2.75) is 51.6 Å². The second-order valence-electron chi connectivity index (χ2n) is 8.27. The van der Waals surface area contributed by atoms with E-state index in [1.807, 2.05) is 33.3 Å².